The van der Waals surface area contributed by atoms with E-state index in [9.17, 15) is 8.78 Å². The van der Waals surface area contributed by atoms with E-state index in [2.05, 4.69) is 17.0 Å². The molecule has 2 rings (SSSR count). The second kappa shape index (κ2) is 8.04. The standard InChI is InChI=1S/C14H19F2NO2.CH4/c1-10-5-6-11(8-17-10)9-18-12-3-2-4-13(7-12)19-14(15)16;/h2-4,7,10-11,14,17H,5-6,8-9H2,1H3;1H4/t10-,11+;/m1./s1. The molecule has 0 amide bonds. The third kappa shape index (κ3) is 5.33. The first kappa shape index (κ1) is 16.7. The van der Waals surface area contributed by atoms with Gasteiger partial charge >= 0.3 is 6.61 Å². The molecule has 1 aromatic rings. The van der Waals surface area contributed by atoms with Gasteiger partial charge in [0.05, 0.1) is 6.61 Å². The van der Waals surface area contributed by atoms with E-state index in [1.807, 2.05) is 0 Å². The molecule has 0 bridgehead atoms. The number of halogens is 2. The molecule has 0 spiro atoms. The maximum atomic E-state index is 12.1. The molecule has 2 atom stereocenters. The largest absolute Gasteiger partial charge is 0.493 e. The lowest BCUT2D eigenvalue weighted by molar-refractivity contribution is -0.0499. The molecule has 0 saturated carbocycles. The first-order chi connectivity index (χ1) is 9.13. The van der Waals surface area contributed by atoms with Gasteiger partial charge in [0, 0.05) is 24.6 Å². The van der Waals surface area contributed by atoms with Gasteiger partial charge < -0.3 is 14.8 Å². The summed E-state index contributed by atoms with van der Waals surface area (Å²) in [7, 11) is 0. The van der Waals surface area contributed by atoms with Crippen LogP contribution in [0.25, 0.3) is 0 Å². The van der Waals surface area contributed by atoms with Gasteiger partial charge in [-0.2, -0.15) is 8.78 Å². The summed E-state index contributed by atoms with van der Waals surface area (Å²) in [5, 5.41) is 3.40. The molecule has 0 aliphatic carbocycles. The Morgan fingerprint density at radius 3 is 2.70 bits per heavy atom. The van der Waals surface area contributed by atoms with Gasteiger partial charge in [-0.05, 0) is 31.9 Å². The number of rotatable bonds is 5. The summed E-state index contributed by atoms with van der Waals surface area (Å²) in [6.07, 6.45) is 2.27. The van der Waals surface area contributed by atoms with Gasteiger partial charge in [0.15, 0.2) is 0 Å². The number of benzene rings is 1. The van der Waals surface area contributed by atoms with Gasteiger partial charge in [0.25, 0.3) is 0 Å². The Morgan fingerprint density at radius 2 is 2.05 bits per heavy atom. The summed E-state index contributed by atoms with van der Waals surface area (Å²) in [5.41, 5.74) is 0. The van der Waals surface area contributed by atoms with E-state index >= 15 is 0 Å². The maximum absolute atomic E-state index is 12.1. The molecule has 1 aromatic carbocycles. The van der Waals surface area contributed by atoms with Crippen LogP contribution in [0.5, 0.6) is 11.5 Å². The van der Waals surface area contributed by atoms with Gasteiger partial charge in [0.2, 0.25) is 0 Å². The van der Waals surface area contributed by atoms with E-state index < -0.39 is 6.61 Å². The number of alkyl halides is 2. The summed E-state index contributed by atoms with van der Waals surface area (Å²) in [4.78, 5) is 0. The van der Waals surface area contributed by atoms with E-state index in [0.29, 0.717) is 24.3 Å². The van der Waals surface area contributed by atoms with Gasteiger partial charge in [-0.25, -0.2) is 0 Å². The first-order valence-corrected chi connectivity index (χ1v) is 6.54. The third-order valence-corrected chi connectivity index (χ3v) is 3.28. The number of piperidine rings is 1. The van der Waals surface area contributed by atoms with Crippen molar-refractivity contribution in [2.24, 2.45) is 5.92 Å². The highest BCUT2D eigenvalue weighted by Crippen LogP contribution is 2.22. The van der Waals surface area contributed by atoms with Crippen molar-refractivity contribution in [3.8, 4) is 11.5 Å². The fraction of sp³-hybridized carbons (Fsp3) is 0.600. The van der Waals surface area contributed by atoms with Crippen LogP contribution >= 0.6 is 0 Å². The van der Waals surface area contributed by atoms with Crippen LogP contribution < -0.4 is 14.8 Å². The predicted octanol–water partition coefficient (Wildman–Crippen LogP) is 3.69. The summed E-state index contributed by atoms with van der Waals surface area (Å²) in [5.74, 6) is 1.16. The van der Waals surface area contributed by atoms with Crippen molar-refractivity contribution in [1.82, 2.24) is 5.32 Å². The van der Waals surface area contributed by atoms with Crippen LogP contribution in [-0.4, -0.2) is 25.8 Å². The summed E-state index contributed by atoms with van der Waals surface area (Å²) in [6, 6.07) is 6.94. The molecule has 1 N–H and O–H groups in total. The van der Waals surface area contributed by atoms with E-state index in [-0.39, 0.29) is 13.2 Å². The van der Waals surface area contributed by atoms with Crippen LogP contribution in [0, 0.1) is 5.92 Å². The SMILES string of the molecule is C.C[C@@H]1CC[C@H](COc2cccc(OC(F)F)c2)CN1. The molecule has 3 nitrogen and oxygen atoms in total. The van der Waals surface area contributed by atoms with Gasteiger partial charge in [-0.1, -0.05) is 13.5 Å². The van der Waals surface area contributed by atoms with Gasteiger partial charge in [0.1, 0.15) is 11.5 Å². The number of ether oxygens (including phenoxy) is 2. The van der Waals surface area contributed by atoms with Crippen LogP contribution in [0.1, 0.15) is 27.2 Å². The van der Waals surface area contributed by atoms with E-state index in [0.717, 1.165) is 19.4 Å². The van der Waals surface area contributed by atoms with E-state index in [1.165, 1.54) is 12.1 Å². The van der Waals surface area contributed by atoms with Crippen LogP contribution in [-0.2, 0) is 0 Å². The number of nitrogens with one attached hydrogen (secondary N) is 1. The Bertz CT molecular complexity index is 393. The molecule has 0 radical (unpaired) electrons. The van der Waals surface area contributed by atoms with Crippen molar-refractivity contribution < 1.29 is 18.3 Å². The lowest BCUT2D eigenvalue weighted by Gasteiger charge is -2.27. The van der Waals surface area contributed by atoms with Crippen LogP contribution in [0.4, 0.5) is 8.78 Å². The minimum absolute atomic E-state index is 0. The van der Waals surface area contributed by atoms with Gasteiger partial charge in [-0.3, -0.25) is 0 Å². The first-order valence-electron chi connectivity index (χ1n) is 6.54. The van der Waals surface area contributed by atoms with Gasteiger partial charge in [-0.15, -0.1) is 0 Å². The zero-order valence-electron chi connectivity index (χ0n) is 10.9. The molecule has 0 unspecified atom stereocenters. The minimum Gasteiger partial charge on any atom is -0.493 e. The number of hydrogen-bond acceptors (Lipinski definition) is 3. The molecule has 114 valence electrons. The normalized spacial score (nSPS) is 22.2. The monoisotopic (exact) mass is 287 g/mol. The predicted molar refractivity (Wildman–Crippen MR) is 75.5 cm³/mol. The summed E-state index contributed by atoms with van der Waals surface area (Å²) < 4.78 is 34.2. The second-order valence-electron chi connectivity index (χ2n) is 4.92. The Kier molecular flexibility index (Phi) is 6.71. The zero-order valence-corrected chi connectivity index (χ0v) is 10.9. The Morgan fingerprint density at radius 1 is 1.30 bits per heavy atom. The molecular weight excluding hydrogens is 264 g/mol. The average Bonchev–Trinajstić information content (AvgIpc) is 2.38. The fourth-order valence-electron chi connectivity index (χ4n) is 2.15. The average molecular weight is 287 g/mol. The highest BCUT2D eigenvalue weighted by molar-refractivity contribution is 5.32. The molecule has 1 fully saturated rings. The van der Waals surface area contributed by atoms with Crippen LogP contribution in [0.15, 0.2) is 24.3 Å². The van der Waals surface area contributed by atoms with Crippen molar-refractivity contribution >= 4 is 0 Å². The van der Waals surface area contributed by atoms with E-state index in [4.69, 9.17) is 4.74 Å². The molecule has 0 aromatic heterocycles. The third-order valence-electron chi connectivity index (χ3n) is 3.28. The Balaban J connectivity index is 0.00000200. The summed E-state index contributed by atoms with van der Waals surface area (Å²) in [6.45, 7) is 0.897. The molecule has 5 heteroatoms. The lowest BCUT2D eigenvalue weighted by Crippen LogP contribution is -2.38. The second-order valence-corrected chi connectivity index (χ2v) is 4.92. The fourth-order valence-corrected chi connectivity index (χ4v) is 2.15. The van der Waals surface area contributed by atoms with E-state index in [1.54, 1.807) is 12.1 Å². The molecule has 1 heterocycles. The van der Waals surface area contributed by atoms with Crippen molar-refractivity contribution in [2.45, 2.75) is 39.8 Å². The lowest BCUT2D eigenvalue weighted by atomic mass is 9.96. The van der Waals surface area contributed by atoms with Crippen molar-refractivity contribution in [1.29, 1.82) is 0 Å². The quantitative estimate of drug-likeness (QED) is 0.896. The Labute approximate surface area is 119 Å². The summed E-state index contributed by atoms with van der Waals surface area (Å²) >= 11 is 0. The molecular formula is C15H23F2NO2. The van der Waals surface area contributed by atoms with Crippen molar-refractivity contribution in [3.05, 3.63) is 24.3 Å². The number of hydrogen-bond donors (Lipinski definition) is 1. The maximum Gasteiger partial charge on any atom is 0.387 e. The molecule has 1 aliphatic heterocycles. The smallest absolute Gasteiger partial charge is 0.387 e. The zero-order chi connectivity index (χ0) is 13.7. The van der Waals surface area contributed by atoms with Crippen LogP contribution in [0.3, 0.4) is 0 Å². The molecule has 1 saturated heterocycles. The molecule has 20 heavy (non-hydrogen) atoms. The van der Waals surface area contributed by atoms with Crippen molar-refractivity contribution in [2.75, 3.05) is 13.2 Å². The topological polar surface area (TPSA) is 30.5 Å². The van der Waals surface area contributed by atoms with Crippen LogP contribution in [0.2, 0.25) is 0 Å². The Hall–Kier alpha value is -1.36. The van der Waals surface area contributed by atoms with Crippen molar-refractivity contribution in [3.63, 3.8) is 0 Å². The highest BCUT2D eigenvalue weighted by atomic mass is 19.3. The highest BCUT2D eigenvalue weighted by Gasteiger charge is 2.18. The minimum atomic E-state index is -2.81. The molecule has 1 aliphatic rings.